The molecule has 0 radical (unpaired) electrons. The van der Waals surface area contributed by atoms with E-state index in [-0.39, 0.29) is 11.9 Å². The molecule has 2 N–H and O–H groups in total. The van der Waals surface area contributed by atoms with Gasteiger partial charge in [0, 0.05) is 23.7 Å². The second-order valence-corrected chi connectivity index (χ2v) is 5.47. The van der Waals surface area contributed by atoms with Crippen LogP contribution in [0.15, 0.2) is 24.3 Å². The Hall–Kier alpha value is -1.55. The highest BCUT2D eigenvalue weighted by atomic mass is 16.5. The van der Waals surface area contributed by atoms with Crippen LogP contribution in [-0.2, 0) is 0 Å². The number of amides is 1. The Morgan fingerprint density at radius 3 is 2.60 bits per heavy atom. The van der Waals surface area contributed by atoms with Crippen molar-refractivity contribution in [2.75, 3.05) is 6.61 Å². The zero-order chi connectivity index (χ0) is 14.5. The minimum Gasteiger partial charge on any atom is -0.494 e. The number of benzene rings is 1. The van der Waals surface area contributed by atoms with Crippen LogP contribution in [0.25, 0.3) is 0 Å². The van der Waals surface area contributed by atoms with Gasteiger partial charge >= 0.3 is 0 Å². The smallest absolute Gasteiger partial charge is 0.251 e. The van der Waals surface area contributed by atoms with Gasteiger partial charge in [-0.25, -0.2) is 0 Å². The summed E-state index contributed by atoms with van der Waals surface area (Å²) in [7, 11) is 0. The van der Waals surface area contributed by atoms with E-state index in [4.69, 9.17) is 4.74 Å². The zero-order valence-electron chi connectivity index (χ0n) is 12.5. The highest BCUT2D eigenvalue weighted by molar-refractivity contribution is 5.94. The Kier molecular flexibility index (Phi) is 5.01. The highest BCUT2D eigenvalue weighted by Gasteiger charge is 2.26. The number of rotatable bonds is 4. The lowest BCUT2D eigenvalue weighted by Crippen LogP contribution is -2.54. The molecule has 1 aromatic rings. The Morgan fingerprint density at radius 2 is 2.00 bits per heavy atom. The van der Waals surface area contributed by atoms with Crippen molar-refractivity contribution in [1.82, 2.24) is 10.6 Å². The average Bonchev–Trinajstić information content (AvgIpc) is 2.43. The quantitative estimate of drug-likeness (QED) is 0.887. The Balaban J connectivity index is 1.94. The fourth-order valence-corrected chi connectivity index (χ4v) is 2.65. The van der Waals surface area contributed by atoms with E-state index in [1.807, 2.05) is 31.2 Å². The Morgan fingerprint density at radius 1 is 1.30 bits per heavy atom. The zero-order valence-corrected chi connectivity index (χ0v) is 12.5. The summed E-state index contributed by atoms with van der Waals surface area (Å²) in [6, 6.07) is 8.33. The van der Waals surface area contributed by atoms with Gasteiger partial charge in [0.1, 0.15) is 5.75 Å². The van der Waals surface area contributed by atoms with Crippen LogP contribution < -0.4 is 15.4 Å². The number of ether oxygens (including phenoxy) is 1. The maximum Gasteiger partial charge on any atom is 0.251 e. The SMILES string of the molecule is CCOc1ccc(C(=O)NC2CCC(C)NC2C)cc1. The van der Waals surface area contributed by atoms with Crippen LogP contribution in [0.2, 0.25) is 0 Å². The number of hydrogen-bond acceptors (Lipinski definition) is 3. The van der Waals surface area contributed by atoms with Crippen molar-refractivity contribution >= 4 is 5.91 Å². The Labute approximate surface area is 120 Å². The molecule has 0 spiro atoms. The number of piperidine rings is 1. The third kappa shape index (κ3) is 3.73. The van der Waals surface area contributed by atoms with Gasteiger partial charge in [-0.1, -0.05) is 0 Å². The lowest BCUT2D eigenvalue weighted by atomic mass is 9.95. The maximum atomic E-state index is 12.2. The lowest BCUT2D eigenvalue weighted by Gasteiger charge is -2.34. The average molecular weight is 276 g/mol. The van der Waals surface area contributed by atoms with Crippen LogP contribution in [0.5, 0.6) is 5.75 Å². The van der Waals surface area contributed by atoms with Gasteiger partial charge in [0.15, 0.2) is 0 Å². The number of nitrogens with one attached hydrogen (secondary N) is 2. The molecule has 1 aliphatic heterocycles. The molecule has 4 heteroatoms. The molecule has 1 amide bonds. The lowest BCUT2D eigenvalue weighted by molar-refractivity contribution is 0.0914. The van der Waals surface area contributed by atoms with E-state index in [1.165, 1.54) is 0 Å². The van der Waals surface area contributed by atoms with E-state index in [0.717, 1.165) is 18.6 Å². The molecule has 110 valence electrons. The van der Waals surface area contributed by atoms with E-state index < -0.39 is 0 Å². The van der Waals surface area contributed by atoms with Gasteiger partial charge in [0.05, 0.1) is 6.61 Å². The van der Waals surface area contributed by atoms with Crippen molar-refractivity contribution in [2.45, 2.75) is 51.7 Å². The van der Waals surface area contributed by atoms with Crippen molar-refractivity contribution in [3.05, 3.63) is 29.8 Å². The molecular formula is C16H24N2O2. The summed E-state index contributed by atoms with van der Waals surface area (Å²) < 4.78 is 5.38. The fraction of sp³-hybridized carbons (Fsp3) is 0.562. The molecule has 2 rings (SSSR count). The largest absolute Gasteiger partial charge is 0.494 e. The third-order valence-corrected chi connectivity index (χ3v) is 3.81. The minimum absolute atomic E-state index is 0.0127. The van der Waals surface area contributed by atoms with Gasteiger partial charge in [0.2, 0.25) is 0 Å². The first kappa shape index (κ1) is 14.9. The first-order chi connectivity index (χ1) is 9.60. The van der Waals surface area contributed by atoms with Crippen molar-refractivity contribution in [3.8, 4) is 5.75 Å². The van der Waals surface area contributed by atoms with Gasteiger partial charge in [-0.2, -0.15) is 0 Å². The molecule has 0 saturated carbocycles. The predicted octanol–water partition coefficient (Wildman–Crippen LogP) is 2.34. The van der Waals surface area contributed by atoms with Crippen molar-refractivity contribution in [3.63, 3.8) is 0 Å². The number of hydrogen-bond donors (Lipinski definition) is 2. The summed E-state index contributed by atoms with van der Waals surface area (Å²) in [6.45, 7) is 6.88. The monoisotopic (exact) mass is 276 g/mol. The van der Waals surface area contributed by atoms with Crippen molar-refractivity contribution in [2.24, 2.45) is 0 Å². The molecule has 0 bridgehead atoms. The van der Waals surface area contributed by atoms with Crippen molar-refractivity contribution < 1.29 is 9.53 Å². The second-order valence-electron chi connectivity index (χ2n) is 5.47. The van der Waals surface area contributed by atoms with Crippen LogP contribution in [-0.4, -0.2) is 30.6 Å². The Bertz CT molecular complexity index is 444. The van der Waals surface area contributed by atoms with E-state index in [0.29, 0.717) is 24.3 Å². The molecule has 1 fully saturated rings. The van der Waals surface area contributed by atoms with Crippen LogP contribution in [0.4, 0.5) is 0 Å². The number of carbonyl (C=O) groups excluding carboxylic acids is 1. The van der Waals surface area contributed by atoms with Crippen molar-refractivity contribution in [1.29, 1.82) is 0 Å². The summed E-state index contributed by atoms with van der Waals surface area (Å²) in [5.74, 6) is 0.784. The van der Waals surface area contributed by atoms with Crippen LogP contribution in [0.1, 0.15) is 44.0 Å². The normalized spacial score (nSPS) is 26.1. The molecule has 1 saturated heterocycles. The highest BCUT2D eigenvalue weighted by Crippen LogP contribution is 2.15. The summed E-state index contributed by atoms with van der Waals surface area (Å²) in [6.07, 6.45) is 2.12. The van der Waals surface area contributed by atoms with Gasteiger partial charge in [0.25, 0.3) is 5.91 Å². The van der Waals surface area contributed by atoms with Gasteiger partial charge < -0.3 is 15.4 Å². The van der Waals surface area contributed by atoms with E-state index >= 15 is 0 Å². The van der Waals surface area contributed by atoms with E-state index in [1.54, 1.807) is 0 Å². The first-order valence-corrected chi connectivity index (χ1v) is 7.40. The van der Waals surface area contributed by atoms with E-state index in [2.05, 4.69) is 24.5 Å². The summed E-state index contributed by atoms with van der Waals surface area (Å²) in [4.78, 5) is 12.2. The van der Waals surface area contributed by atoms with Gasteiger partial charge in [-0.05, 0) is 57.9 Å². The first-order valence-electron chi connectivity index (χ1n) is 7.40. The fourth-order valence-electron chi connectivity index (χ4n) is 2.65. The van der Waals surface area contributed by atoms with Crippen LogP contribution >= 0.6 is 0 Å². The maximum absolute atomic E-state index is 12.2. The van der Waals surface area contributed by atoms with Gasteiger partial charge in [-0.15, -0.1) is 0 Å². The minimum atomic E-state index is -0.0127. The van der Waals surface area contributed by atoms with Crippen LogP contribution in [0, 0.1) is 0 Å². The topological polar surface area (TPSA) is 50.4 Å². The predicted molar refractivity (Wildman–Crippen MR) is 80.2 cm³/mol. The summed E-state index contributed by atoms with van der Waals surface area (Å²) in [5.41, 5.74) is 0.680. The molecule has 1 aliphatic rings. The molecule has 1 aromatic carbocycles. The molecule has 3 unspecified atom stereocenters. The number of carbonyl (C=O) groups is 1. The third-order valence-electron chi connectivity index (χ3n) is 3.81. The summed E-state index contributed by atoms with van der Waals surface area (Å²) in [5, 5.41) is 6.59. The van der Waals surface area contributed by atoms with Crippen LogP contribution in [0.3, 0.4) is 0 Å². The molecule has 0 aliphatic carbocycles. The molecule has 1 heterocycles. The second kappa shape index (κ2) is 6.75. The standard InChI is InChI=1S/C16H24N2O2/c1-4-20-14-8-6-13(7-9-14)16(19)18-15-10-5-11(2)17-12(15)3/h6-9,11-12,15,17H,4-5,10H2,1-3H3,(H,18,19). The summed E-state index contributed by atoms with van der Waals surface area (Å²) >= 11 is 0. The van der Waals surface area contributed by atoms with Gasteiger partial charge in [-0.3, -0.25) is 4.79 Å². The molecular weight excluding hydrogens is 252 g/mol. The molecule has 0 aromatic heterocycles. The molecule has 4 nitrogen and oxygen atoms in total. The van der Waals surface area contributed by atoms with E-state index in [9.17, 15) is 4.79 Å². The molecule has 3 atom stereocenters. The molecule has 20 heavy (non-hydrogen) atoms.